The molecule has 0 aromatic heterocycles. The molecule has 1 rings (SSSR count). The molecule has 17 heavy (non-hydrogen) atoms. The summed E-state index contributed by atoms with van der Waals surface area (Å²) in [5.74, 6) is -1.66. The standard InChI is InChI=1S/C11H12O6/c12-5-6-2-1-3-7(13)10(6)11(17)8(14)4-9(15)16/h1-3,5,8,11,13-14,17H,4H2,(H,15,16). The molecule has 1 aromatic carbocycles. The number of aliphatic carboxylic acids is 1. The second kappa shape index (κ2) is 5.42. The number of benzene rings is 1. The van der Waals surface area contributed by atoms with Crippen LogP contribution in [0, 0.1) is 0 Å². The number of carbonyl (C=O) groups is 2. The second-order valence-electron chi connectivity index (χ2n) is 3.51. The van der Waals surface area contributed by atoms with Gasteiger partial charge in [-0.25, -0.2) is 0 Å². The van der Waals surface area contributed by atoms with Gasteiger partial charge in [-0.1, -0.05) is 12.1 Å². The highest BCUT2D eigenvalue weighted by atomic mass is 16.4. The minimum absolute atomic E-state index is 0.00180. The van der Waals surface area contributed by atoms with Crippen molar-refractivity contribution in [1.82, 2.24) is 0 Å². The van der Waals surface area contributed by atoms with Gasteiger partial charge in [0.1, 0.15) is 11.9 Å². The Morgan fingerprint density at radius 2 is 2.00 bits per heavy atom. The minimum Gasteiger partial charge on any atom is -0.508 e. The van der Waals surface area contributed by atoms with Gasteiger partial charge in [0, 0.05) is 11.1 Å². The number of phenolic OH excluding ortho intramolecular Hbond substituents is 1. The number of hydrogen-bond donors (Lipinski definition) is 4. The fourth-order valence-electron chi connectivity index (χ4n) is 1.48. The number of carboxylic acid groups (broad SMARTS) is 1. The number of phenols is 1. The number of aldehydes is 1. The maximum atomic E-state index is 10.7. The topological polar surface area (TPSA) is 115 Å². The molecule has 4 N–H and O–H groups in total. The van der Waals surface area contributed by atoms with E-state index < -0.39 is 24.6 Å². The van der Waals surface area contributed by atoms with E-state index in [4.69, 9.17) is 5.11 Å². The summed E-state index contributed by atoms with van der Waals surface area (Å²) in [6.07, 6.45) is -3.51. The Morgan fingerprint density at radius 3 is 2.53 bits per heavy atom. The van der Waals surface area contributed by atoms with Crippen molar-refractivity contribution in [2.45, 2.75) is 18.6 Å². The van der Waals surface area contributed by atoms with Gasteiger partial charge in [0.2, 0.25) is 0 Å². The van der Waals surface area contributed by atoms with E-state index in [1.807, 2.05) is 0 Å². The van der Waals surface area contributed by atoms with Gasteiger partial charge in [0.25, 0.3) is 0 Å². The van der Waals surface area contributed by atoms with Gasteiger partial charge in [-0.3, -0.25) is 9.59 Å². The van der Waals surface area contributed by atoms with E-state index in [0.717, 1.165) is 0 Å². The SMILES string of the molecule is O=Cc1cccc(O)c1C(O)C(O)CC(=O)O. The van der Waals surface area contributed by atoms with Crippen LogP contribution in [0.15, 0.2) is 18.2 Å². The van der Waals surface area contributed by atoms with Crippen molar-refractivity contribution in [3.8, 4) is 5.75 Å². The van der Waals surface area contributed by atoms with Crippen LogP contribution in [0.25, 0.3) is 0 Å². The molecule has 0 amide bonds. The van der Waals surface area contributed by atoms with Crippen LogP contribution in [0.3, 0.4) is 0 Å². The molecule has 0 aliphatic heterocycles. The lowest BCUT2D eigenvalue weighted by atomic mass is 9.96. The summed E-state index contributed by atoms with van der Waals surface area (Å²) in [4.78, 5) is 21.1. The lowest BCUT2D eigenvalue weighted by molar-refractivity contribution is -0.141. The highest BCUT2D eigenvalue weighted by Crippen LogP contribution is 2.30. The van der Waals surface area contributed by atoms with Crippen molar-refractivity contribution in [3.05, 3.63) is 29.3 Å². The fourth-order valence-corrected chi connectivity index (χ4v) is 1.48. The highest BCUT2D eigenvalue weighted by molar-refractivity contribution is 5.79. The zero-order chi connectivity index (χ0) is 13.0. The Kier molecular flexibility index (Phi) is 4.19. The molecule has 6 nitrogen and oxygen atoms in total. The second-order valence-corrected chi connectivity index (χ2v) is 3.51. The summed E-state index contributed by atoms with van der Waals surface area (Å²) in [6.45, 7) is 0. The van der Waals surface area contributed by atoms with E-state index in [1.165, 1.54) is 18.2 Å². The first-order valence-electron chi connectivity index (χ1n) is 4.82. The monoisotopic (exact) mass is 240 g/mol. The van der Waals surface area contributed by atoms with E-state index in [-0.39, 0.29) is 16.9 Å². The van der Waals surface area contributed by atoms with E-state index in [1.54, 1.807) is 0 Å². The predicted molar refractivity (Wildman–Crippen MR) is 56.7 cm³/mol. The van der Waals surface area contributed by atoms with Gasteiger partial charge < -0.3 is 20.4 Å². The molecule has 0 spiro atoms. The number of rotatable bonds is 5. The van der Waals surface area contributed by atoms with Gasteiger partial charge >= 0.3 is 5.97 Å². The van der Waals surface area contributed by atoms with Gasteiger partial charge in [-0.15, -0.1) is 0 Å². The molecular formula is C11H12O6. The van der Waals surface area contributed by atoms with Gasteiger partial charge in [-0.2, -0.15) is 0 Å². The number of carbonyl (C=O) groups excluding carboxylic acids is 1. The third-order valence-corrected chi connectivity index (χ3v) is 2.29. The van der Waals surface area contributed by atoms with E-state index in [9.17, 15) is 24.9 Å². The van der Waals surface area contributed by atoms with Crippen molar-refractivity contribution in [1.29, 1.82) is 0 Å². The molecule has 0 aliphatic rings. The highest BCUT2D eigenvalue weighted by Gasteiger charge is 2.25. The summed E-state index contributed by atoms with van der Waals surface area (Å²) in [5.41, 5.74) is -0.168. The molecule has 0 aliphatic carbocycles. The van der Waals surface area contributed by atoms with Crippen molar-refractivity contribution < 1.29 is 30.0 Å². The van der Waals surface area contributed by atoms with Crippen LogP contribution in [-0.2, 0) is 4.79 Å². The largest absolute Gasteiger partial charge is 0.508 e. The smallest absolute Gasteiger partial charge is 0.306 e. The van der Waals surface area contributed by atoms with Crippen LogP contribution in [0.4, 0.5) is 0 Å². The third kappa shape index (κ3) is 3.02. The van der Waals surface area contributed by atoms with Gasteiger partial charge in [0.15, 0.2) is 6.29 Å². The number of carboxylic acids is 1. The lowest BCUT2D eigenvalue weighted by Crippen LogP contribution is -2.22. The predicted octanol–water partition coefficient (Wildman–Crippen LogP) is 0.0737. The van der Waals surface area contributed by atoms with Crippen LogP contribution >= 0.6 is 0 Å². The third-order valence-electron chi connectivity index (χ3n) is 2.29. The number of aliphatic hydroxyl groups is 2. The van der Waals surface area contributed by atoms with Crippen molar-refractivity contribution in [2.24, 2.45) is 0 Å². The molecule has 2 atom stereocenters. The van der Waals surface area contributed by atoms with Crippen molar-refractivity contribution in [3.63, 3.8) is 0 Å². The Labute approximate surface area is 96.8 Å². The Morgan fingerprint density at radius 1 is 1.35 bits per heavy atom. The number of hydrogen-bond acceptors (Lipinski definition) is 5. The first kappa shape index (κ1) is 13.1. The van der Waals surface area contributed by atoms with Crippen LogP contribution in [-0.4, -0.2) is 38.8 Å². The molecule has 0 fully saturated rings. The molecule has 6 heteroatoms. The summed E-state index contributed by atoms with van der Waals surface area (Å²) < 4.78 is 0. The summed E-state index contributed by atoms with van der Waals surface area (Å²) in [7, 11) is 0. The summed E-state index contributed by atoms with van der Waals surface area (Å²) >= 11 is 0. The number of aliphatic hydroxyl groups excluding tert-OH is 2. The Hall–Kier alpha value is -1.92. The zero-order valence-corrected chi connectivity index (χ0v) is 8.78. The van der Waals surface area contributed by atoms with E-state index in [2.05, 4.69) is 0 Å². The Bertz CT molecular complexity index is 428. The molecule has 0 heterocycles. The van der Waals surface area contributed by atoms with Crippen LogP contribution < -0.4 is 0 Å². The molecule has 2 unspecified atom stereocenters. The van der Waals surface area contributed by atoms with Crippen LogP contribution in [0.2, 0.25) is 0 Å². The first-order chi connectivity index (χ1) is 7.97. The summed E-state index contributed by atoms with van der Waals surface area (Å²) in [6, 6.07) is 3.98. The quantitative estimate of drug-likeness (QED) is 0.541. The molecule has 0 bridgehead atoms. The average Bonchev–Trinajstić information content (AvgIpc) is 2.26. The van der Waals surface area contributed by atoms with Crippen molar-refractivity contribution >= 4 is 12.3 Å². The molecular weight excluding hydrogens is 228 g/mol. The molecule has 0 radical (unpaired) electrons. The Balaban J connectivity index is 3.06. The molecule has 1 aromatic rings. The minimum atomic E-state index is -1.63. The van der Waals surface area contributed by atoms with Crippen LogP contribution in [0.1, 0.15) is 28.4 Å². The normalized spacial score (nSPS) is 14.0. The number of aromatic hydroxyl groups is 1. The molecule has 92 valence electrons. The zero-order valence-electron chi connectivity index (χ0n) is 8.78. The van der Waals surface area contributed by atoms with Crippen LogP contribution in [0.5, 0.6) is 5.75 Å². The van der Waals surface area contributed by atoms with Gasteiger partial charge in [-0.05, 0) is 6.07 Å². The van der Waals surface area contributed by atoms with E-state index >= 15 is 0 Å². The van der Waals surface area contributed by atoms with Gasteiger partial charge in [0.05, 0.1) is 12.5 Å². The fraction of sp³-hybridized carbons (Fsp3) is 0.273. The maximum absolute atomic E-state index is 10.7. The lowest BCUT2D eigenvalue weighted by Gasteiger charge is -2.18. The molecule has 0 saturated heterocycles. The maximum Gasteiger partial charge on any atom is 0.306 e. The van der Waals surface area contributed by atoms with Crippen molar-refractivity contribution in [2.75, 3.05) is 0 Å². The first-order valence-corrected chi connectivity index (χ1v) is 4.82. The summed E-state index contributed by atoms with van der Waals surface area (Å²) in [5, 5.41) is 37.1. The average molecular weight is 240 g/mol. The molecule has 0 saturated carbocycles. The van der Waals surface area contributed by atoms with E-state index in [0.29, 0.717) is 6.29 Å².